The lowest BCUT2D eigenvalue weighted by atomic mass is 9.84. The molecule has 1 aromatic carbocycles. The molecule has 0 spiro atoms. The van der Waals surface area contributed by atoms with E-state index in [2.05, 4.69) is 27.7 Å². The van der Waals surface area contributed by atoms with Gasteiger partial charge in [-0.2, -0.15) is 0 Å². The van der Waals surface area contributed by atoms with Gasteiger partial charge in [-0.05, 0) is 76.0 Å². The van der Waals surface area contributed by atoms with E-state index in [1.807, 2.05) is 13.8 Å². The molecule has 1 atom stereocenters. The maximum Gasteiger partial charge on any atom is 0.127 e. The standard InChI is InChI=1S/C19H30O2/c1-12(2)8-7-10-19(6)11-9-16-15(5)17(20)13(3)14(4)18(16)21-19/h12,20H,7-11H2,1-6H3/t19-/m0/s1. The molecule has 0 amide bonds. The van der Waals surface area contributed by atoms with Crippen molar-refractivity contribution in [1.29, 1.82) is 0 Å². The number of phenolic OH excluding ortho intramolecular Hbond substituents is 1. The maximum atomic E-state index is 10.2. The third-order valence-electron chi connectivity index (χ3n) is 5.08. The molecular weight excluding hydrogens is 260 g/mol. The minimum Gasteiger partial charge on any atom is -0.507 e. The first kappa shape index (κ1) is 16.2. The number of benzene rings is 1. The van der Waals surface area contributed by atoms with Crippen LogP contribution in [0.3, 0.4) is 0 Å². The average molecular weight is 290 g/mol. The molecule has 0 aromatic heterocycles. The molecule has 2 heteroatoms. The van der Waals surface area contributed by atoms with Crippen LogP contribution < -0.4 is 4.74 Å². The predicted octanol–water partition coefficient (Wildman–Crippen LogP) is 5.23. The molecule has 1 aliphatic rings. The van der Waals surface area contributed by atoms with Gasteiger partial charge >= 0.3 is 0 Å². The Morgan fingerprint density at radius 2 is 1.81 bits per heavy atom. The van der Waals surface area contributed by atoms with E-state index in [0.717, 1.165) is 47.6 Å². The van der Waals surface area contributed by atoms with Crippen molar-refractivity contribution in [3.8, 4) is 11.5 Å². The minimum atomic E-state index is -0.0531. The molecule has 2 nitrogen and oxygen atoms in total. The highest BCUT2D eigenvalue weighted by Gasteiger charge is 2.34. The van der Waals surface area contributed by atoms with Crippen molar-refractivity contribution in [3.05, 3.63) is 22.3 Å². The Bertz CT molecular complexity index is 531. The molecule has 1 N–H and O–H groups in total. The normalized spacial score (nSPS) is 21.3. The molecule has 0 fully saturated rings. The molecule has 0 radical (unpaired) electrons. The van der Waals surface area contributed by atoms with Crippen LogP contribution in [0.4, 0.5) is 0 Å². The summed E-state index contributed by atoms with van der Waals surface area (Å²) in [7, 11) is 0. The van der Waals surface area contributed by atoms with Crippen LogP contribution in [-0.4, -0.2) is 10.7 Å². The topological polar surface area (TPSA) is 29.5 Å². The first-order chi connectivity index (χ1) is 9.75. The van der Waals surface area contributed by atoms with Gasteiger partial charge in [0.25, 0.3) is 0 Å². The van der Waals surface area contributed by atoms with E-state index in [4.69, 9.17) is 4.74 Å². The third kappa shape index (κ3) is 3.20. The molecule has 0 aliphatic carbocycles. The van der Waals surface area contributed by atoms with Crippen LogP contribution in [-0.2, 0) is 6.42 Å². The number of ether oxygens (including phenoxy) is 1. The van der Waals surface area contributed by atoms with Gasteiger partial charge in [-0.25, -0.2) is 0 Å². The second-order valence-corrected chi connectivity index (χ2v) is 7.37. The second kappa shape index (κ2) is 5.90. The van der Waals surface area contributed by atoms with E-state index >= 15 is 0 Å². The van der Waals surface area contributed by atoms with Crippen molar-refractivity contribution in [3.63, 3.8) is 0 Å². The molecule has 0 saturated carbocycles. The van der Waals surface area contributed by atoms with Gasteiger partial charge in [0.2, 0.25) is 0 Å². The SMILES string of the molecule is Cc1c(C)c2c(c(C)c1O)CC[C@](C)(CCCC(C)C)O2. The number of hydrogen-bond acceptors (Lipinski definition) is 2. The highest BCUT2D eigenvalue weighted by atomic mass is 16.5. The van der Waals surface area contributed by atoms with Gasteiger partial charge in [0.15, 0.2) is 0 Å². The molecule has 0 bridgehead atoms. The summed E-state index contributed by atoms with van der Waals surface area (Å²) in [4.78, 5) is 0. The van der Waals surface area contributed by atoms with E-state index in [1.54, 1.807) is 0 Å². The lowest BCUT2D eigenvalue weighted by molar-refractivity contribution is 0.0515. The predicted molar refractivity (Wildman–Crippen MR) is 88.4 cm³/mol. The number of phenols is 1. The van der Waals surface area contributed by atoms with Crippen molar-refractivity contribution in [2.75, 3.05) is 0 Å². The summed E-state index contributed by atoms with van der Waals surface area (Å²) in [5.74, 6) is 2.23. The molecule has 2 rings (SSSR count). The Morgan fingerprint density at radius 3 is 2.43 bits per heavy atom. The molecule has 118 valence electrons. The van der Waals surface area contributed by atoms with Crippen LogP contribution in [0, 0.1) is 26.7 Å². The zero-order valence-electron chi connectivity index (χ0n) is 14.5. The first-order valence-electron chi connectivity index (χ1n) is 8.26. The summed E-state index contributed by atoms with van der Waals surface area (Å²) in [6, 6.07) is 0. The number of aromatic hydroxyl groups is 1. The van der Waals surface area contributed by atoms with Gasteiger partial charge in [-0.15, -0.1) is 0 Å². The van der Waals surface area contributed by atoms with Crippen molar-refractivity contribution in [1.82, 2.24) is 0 Å². The molecule has 0 unspecified atom stereocenters. The third-order valence-corrected chi connectivity index (χ3v) is 5.08. The molecule has 1 heterocycles. The van der Waals surface area contributed by atoms with Crippen LogP contribution >= 0.6 is 0 Å². The summed E-state index contributed by atoms with van der Waals surface area (Å²) < 4.78 is 6.44. The lowest BCUT2D eigenvalue weighted by Crippen LogP contribution is -2.37. The summed E-state index contributed by atoms with van der Waals surface area (Å²) in [6.45, 7) is 12.8. The summed E-state index contributed by atoms with van der Waals surface area (Å²) in [5.41, 5.74) is 4.21. The van der Waals surface area contributed by atoms with Gasteiger partial charge < -0.3 is 9.84 Å². The molecular formula is C19H30O2. The van der Waals surface area contributed by atoms with E-state index < -0.39 is 0 Å². The van der Waals surface area contributed by atoms with Crippen molar-refractivity contribution < 1.29 is 9.84 Å². The maximum absolute atomic E-state index is 10.2. The fourth-order valence-corrected chi connectivity index (χ4v) is 3.36. The molecule has 1 aliphatic heterocycles. The van der Waals surface area contributed by atoms with Crippen LogP contribution in [0.15, 0.2) is 0 Å². The molecule has 21 heavy (non-hydrogen) atoms. The van der Waals surface area contributed by atoms with Crippen molar-refractivity contribution in [2.24, 2.45) is 5.92 Å². The summed E-state index contributed by atoms with van der Waals surface area (Å²) >= 11 is 0. The fourth-order valence-electron chi connectivity index (χ4n) is 3.36. The zero-order valence-corrected chi connectivity index (χ0v) is 14.5. The average Bonchev–Trinajstić information content (AvgIpc) is 2.42. The Labute approximate surface area is 129 Å². The Balaban J connectivity index is 2.24. The van der Waals surface area contributed by atoms with Gasteiger partial charge in [-0.1, -0.05) is 20.3 Å². The van der Waals surface area contributed by atoms with Gasteiger partial charge in [0, 0.05) is 5.56 Å². The van der Waals surface area contributed by atoms with E-state index in [0.29, 0.717) is 5.75 Å². The summed E-state index contributed by atoms with van der Waals surface area (Å²) in [5, 5.41) is 10.2. The van der Waals surface area contributed by atoms with Crippen LogP contribution in [0.5, 0.6) is 11.5 Å². The van der Waals surface area contributed by atoms with E-state index in [9.17, 15) is 5.11 Å². The largest absolute Gasteiger partial charge is 0.507 e. The smallest absolute Gasteiger partial charge is 0.127 e. The van der Waals surface area contributed by atoms with Gasteiger partial charge in [-0.3, -0.25) is 0 Å². The molecule has 1 aromatic rings. The molecule has 0 saturated heterocycles. The number of fused-ring (bicyclic) bond motifs is 1. The second-order valence-electron chi connectivity index (χ2n) is 7.37. The van der Waals surface area contributed by atoms with Crippen molar-refractivity contribution in [2.45, 2.75) is 79.2 Å². The first-order valence-corrected chi connectivity index (χ1v) is 8.26. The minimum absolute atomic E-state index is 0.0531. The van der Waals surface area contributed by atoms with Crippen LogP contribution in [0.1, 0.15) is 68.7 Å². The Hall–Kier alpha value is -1.18. The number of rotatable bonds is 4. The quantitative estimate of drug-likeness (QED) is 0.823. The zero-order chi connectivity index (χ0) is 15.8. The fraction of sp³-hybridized carbons (Fsp3) is 0.684. The van der Waals surface area contributed by atoms with Gasteiger partial charge in [0.1, 0.15) is 17.1 Å². The monoisotopic (exact) mass is 290 g/mol. The lowest BCUT2D eigenvalue weighted by Gasteiger charge is -2.38. The van der Waals surface area contributed by atoms with Gasteiger partial charge in [0.05, 0.1) is 0 Å². The Morgan fingerprint density at radius 1 is 1.14 bits per heavy atom. The highest BCUT2D eigenvalue weighted by Crippen LogP contribution is 2.44. The Kier molecular flexibility index (Phi) is 4.55. The van der Waals surface area contributed by atoms with Crippen molar-refractivity contribution >= 4 is 0 Å². The van der Waals surface area contributed by atoms with Crippen LogP contribution in [0.25, 0.3) is 0 Å². The highest BCUT2D eigenvalue weighted by molar-refractivity contribution is 5.58. The van der Waals surface area contributed by atoms with Crippen LogP contribution in [0.2, 0.25) is 0 Å². The van der Waals surface area contributed by atoms with E-state index in [1.165, 1.54) is 18.4 Å². The number of hydrogen-bond donors (Lipinski definition) is 1. The summed E-state index contributed by atoms with van der Waals surface area (Å²) in [6.07, 6.45) is 5.65. The van der Waals surface area contributed by atoms with E-state index in [-0.39, 0.29) is 5.60 Å².